The average molecular weight is 411 g/mol. The van der Waals surface area contributed by atoms with E-state index in [2.05, 4.69) is 10.6 Å². The molecule has 2 aromatic carbocycles. The van der Waals surface area contributed by atoms with Gasteiger partial charge in [-0.1, -0.05) is 19.1 Å². The summed E-state index contributed by atoms with van der Waals surface area (Å²) in [4.78, 5) is 39.1. The highest BCUT2D eigenvalue weighted by molar-refractivity contribution is 6.10. The van der Waals surface area contributed by atoms with Gasteiger partial charge in [0, 0.05) is 11.8 Å². The van der Waals surface area contributed by atoms with Gasteiger partial charge in [0.05, 0.1) is 7.11 Å². The van der Waals surface area contributed by atoms with Crippen molar-refractivity contribution in [3.05, 3.63) is 48.0 Å². The van der Waals surface area contributed by atoms with Crippen LogP contribution in [0, 0.1) is 0 Å². The Morgan fingerprint density at radius 1 is 1.17 bits per heavy atom. The van der Waals surface area contributed by atoms with Crippen molar-refractivity contribution in [1.82, 2.24) is 10.2 Å². The Kier molecular flexibility index (Phi) is 4.94. The van der Waals surface area contributed by atoms with E-state index in [-0.39, 0.29) is 6.79 Å². The molecule has 1 atom stereocenters. The molecule has 4 amide bonds. The summed E-state index contributed by atoms with van der Waals surface area (Å²) in [7, 11) is 1.55. The predicted octanol–water partition coefficient (Wildman–Crippen LogP) is 2.22. The van der Waals surface area contributed by atoms with Crippen LogP contribution < -0.4 is 24.8 Å². The number of carbonyl (C=O) groups is 3. The first kappa shape index (κ1) is 19.6. The van der Waals surface area contributed by atoms with Crippen LogP contribution in [0.2, 0.25) is 0 Å². The standard InChI is InChI=1S/C21H21N3O6/c1-3-21(13-4-7-15(28-2)8-5-13)19(26)24(20(27)23-21)11-18(25)22-14-6-9-16-17(10-14)30-12-29-16/h4-10H,3,11-12H2,1-2H3,(H,22,25)(H,23,27)/t21-/m1/s1. The number of nitrogens with one attached hydrogen (secondary N) is 2. The summed E-state index contributed by atoms with van der Waals surface area (Å²) in [5, 5.41) is 5.43. The van der Waals surface area contributed by atoms with Gasteiger partial charge in [-0.2, -0.15) is 0 Å². The number of carbonyl (C=O) groups excluding carboxylic acids is 3. The van der Waals surface area contributed by atoms with E-state index in [1.165, 1.54) is 0 Å². The molecular formula is C21H21N3O6. The highest BCUT2D eigenvalue weighted by Gasteiger charge is 2.51. The van der Waals surface area contributed by atoms with Gasteiger partial charge in [0.15, 0.2) is 11.5 Å². The van der Waals surface area contributed by atoms with Crippen molar-refractivity contribution in [3.8, 4) is 17.2 Å². The van der Waals surface area contributed by atoms with Crippen molar-refractivity contribution in [3.63, 3.8) is 0 Å². The van der Waals surface area contributed by atoms with E-state index in [1.807, 2.05) is 0 Å². The predicted molar refractivity (Wildman–Crippen MR) is 106 cm³/mol. The molecule has 2 aliphatic heterocycles. The van der Waals surface area contributed by atoms with Crippen molar-refractivity contribution >= 4 is 23.5 Å². The summed E-state index contributed by atoms with van der Waals surface area (Å²) in [6.45, 7) is 1.52. The summed E-state index contributed by atoms with van der Waals surface area (Å²) >= 11 is 0. The van der Waals surface area contributed by atoms with E-state index in [1.54, 1.807) is 56.5 Å². The number of methoxy groups -OCH3 is 1. The lowest BCUT2D eigenvalue weighted by Crippen LogP contribution is -2.44. The minimum absolute atomic E-state index is 0.125. The van der Waals surface area contributed by atoms with Crippen LogP contribution in [0.3, 0.4) is 0 Å². The van der Waals surface area contributed by atoms with Crippen LogP contribution in [-0.2, 0) is 15.1 Å². The first-order valence-electron chi connectivity index (χ1n) is 9.45. The maximum absolute atomic E-state index is 13.2. The molecule has 156 valence electrons. The molecule has 0 spiro atoms. The van der Waals surface area contributed by atoms with Gasteiger partial charge in [-0.25, -0.2) is 4.79 Å². The molecule has 0 radical (unpaired) electrons. The van der Waals surface area contributed by atoms with E-state index in [0.29, 0.717) is 34.9 Å². The van der Waals surface area contributed by atoms with Crippen LogP contribution in [-0.4, -0.2) is 43.2 Å². The molecular weight excluding hydrogens is 390 g/mol. The molecule has 1 fully saturated rings. The monoisotopic (exact) mass is 411 g/mol. The third kappa shape index (κ3) is 3.28. The highest BCUT2D eigenvalue weighted by Crippen LogP contribution is 2.35. The van der Waals surface area contributed by atoms with E-state index >= 15 is 0 Å². The van der Waals surface area contributed by atoms with Crippen LogP contribution in [0.4, 0.5) is 10.5 Å². The van der Waals surface area contributed by atoms with Crippen LogP contribution in [0.5, 0.6) is 17.2 Å². The lowest BCUT2D eigenvalue weighted by atomic mass is 9.87. The lowest BCUT2D eigenvalue weighted by Gasteiger charge is -2.26. The van der Waals surface area contributed by atoms with Crippen LogP contribution in [0.15, 0.2) is 42.5 Å². The number of hydrogen-bond donors (Lipinski definition) is 2. The van der Waals surface area contributed by atoms with Gasteiger partial charge in [-0.15, -0.1) is 0 Å². The summed E-state index contributed by atoms with van der Waals surface area (Å²) in [6, 6.07) is 11.3. The summed E-state index contributed by atoms with van der Waals surface area (Å²) in [5.74, 6) is 0.781. The molecule has 9 nitrogen and oxygen atoms in total. The number of imide groups is 1. The number of hydrogen-bond acceptors (Lipinski definition) is 6. The van der Waals surface area contributed by atoms with E-state index in [9.17, 15) is 14.4 Å². The molecule has 30 heavy (non-hydrogen) atoms. The largest absolute Gasteiger partial charge is 0.497 e. The molecule has 1 saturated heterocycles. The SMILES string of the molecule is CC[C@]1(c2ccc(OC)cc2)NC(=O)N(CC(=O)Nc2ccc3c(c2)OCO3)C1=O. The first-order chi connectivity index (χ1) is 14.5. The molecule has 2 aromatic rings. The quantitative estimate of drug-likeness (QED) is 0.706. The van der Waals surface area contributed by atoms with Gasteiger partial charge in [-0.3, -0.25) is 14.5 Å². The number of nitrogens with zero attached hydrogens (tertiary/aromatic N) is 1. The number of benzene rings is 2. The van der Waals surface area contributed by atoms with Gasteiger partial charge < -0.3 is 24.8 Å². The maximum atomic E-state index is 13.2. The molecule has 2 N–H and O–H groups in total. The highest BCUT2D eigenvalue weighted by atomic mass is 16.7. The Hall–Kier alpha value is -3.75. The van der Waals surface area contributed by atoms with Crippen LogP contribution in [0.1, 0.15) is 18.9 Å². The summed E-state index contributed by atoms with van der Waals surface area (Å²) in [6.07, 6.45) is 0.337. The smallest absolute Gasteiger partial charge is 0.325 e. The maximum Gasteiger partial charge on any atom is 0.325 e. The lowest BCUT2D eigenvalue weighted by molar-refractivity contribution is -0.134. The number of anilines is 1. The van der Waals surface area contributed by atoms with Gasteiger partial charge in [-0.05, 0) is 36.2 Å². The fourth-order valence-electron chi connectivity index (χ4n) is 3.60. The molecule has 9 heteroatoms. The molecule has 0 aliphatic carbocycles. The number of rotatable bonds is 6. The number of ether oxygens (including phenoxy) is 3. The van der Waals surface area contributed by atoms with Gasteiger partial charge in [0.2, 0.25) is 12.7 Å². The number of amides is 4. The average Bonchev–Trinajstić information content (AvgIpc) is 3.31. The molecule has 2 aliphatic rings. The van der Waals surface area contributed by atoms with E-state index in [4.69, 9.17) is 14.2 Å². The van der Waals surface area contributed by atoms with Crippen molar-refractivity contribution in [2.45, 2.75) is 18.9 Å². The van der Waals surface area contributed by atoms with E-state index in [0.717, 1.165) is 4.90 Å². The van der Waals surface area contributed by atoms with E-state index < -0.39 is 29.9 Å². The summed E-state index contributed by atoms with van der Waals surface area (Å²) in [5.41, 5.74) is -0.112. The topological polar surface area (TPSA) is 106 Å². The third-order valence-electron chi connectivity index (χ3n) is 5.25. The zero-order valence-electron chi connectivity index (χ0n) is 16.6. The Labute approximate surface area is 172 Å². The van der Waals surface area contributed by atoms with Gasteiger partial charge in [0.1, 0.15) is 17.8 Å². The van der Waals surface area contributed by atoms with Crippen molar-refractivity contribution < 1.29 is 28.6 Å². The second-order valence-electron chi connectivity index (χ2n) is 6.93. The number of urea groups is 1. The Morgan fingerprint density at radius 2 is 1.90 bits per heavy atom. The normalized spacial score (nSPS) is 19.6. The molecule has 0 unspecified atom stereocenters. The van der Waals surface area contributed by atoms with Crippen LogP contribution >= 0.6 is 0 Å². The molecule has 0 bridgehead atoms. The minimum atomic E-state index is -1.22. The summed E-state index contributed by atoms with van der Waals surface area (Å²) < 4.78 is 15.7. The second-order valence-corrected chi connectivity index (χ2v) is 6.93. The van der Waals surface area contributed by atoms with Crippen LogP contribution in [0.25, 0.3) is 0 Å². The molecule has 2 heterocycles. The third-order valence-corrected chi connectivity index (χ3v) is 5.25. The molecule has 0 aromatic heterocycles. The fraction of sp³-hybridized carbons (Fsp3) is 0.286. The van der Waals surface area contributed by atoms with Crippen molar-refractivity contribution in [2.24, 2.45) is 0 Å². The number of fused-ring (bicyclic) bond motifs is 1. The zero-order valence-corrected chi connectivity index (χ0v) is 16.6. The first-order valence-corrected chi connectivity index (χ1v) is 9.45. The van der Waals surface area contributed by atoms with Gasteiger partial charge in [0.25, 0.3) is 5.91 Å². The molecule has 4 rings (SSSR count). The second kappa shape index (κ2) is 7.58. The van der Waals surface area contributed by atoms with Gasteiger partial charge >= 0.3 is 6.03 Å². The Morgan fingerprint density at radius 3 is 2.60 bits per heavy atom. The molecule has 0 saturated carbocycles. The Balaban J connectivity index is 1.49. The Bertz CT molecular complexity index is 1010. The van der Waals surface area contributed by atoms with Crippen molar-refractivity contribution in [2.75, 3.05) is 25.8 Å². The zero-order chi connectivity index (χ0) is 21.3. The van der Waals surface area contributed by atoms with Crippen molar-refractivity contribution in [1.29, 1.82) is 0 Å². The minimum Gasteiger partial charge on any atom is -0.497 e. The fourth-order valence-corrected chi connectivity index (χ4v) is 3.60.